The van der Waals surface area contributed by atoms with E-state index in [0.29, 0.717) is 26.1 Å². The normalized spacial score (nSPS) is 28.9. The maximum Gasteiger partial charge on any atom is 0.330 e. The summed E-state index contributed by atoms with van der Waals surface area (Å²) < 4.78 is 17.3. The fourth-order valence-corrected chi connectivity index (χ4v) is 4.56. The molecule has 8 nitrogen and oxygen atoms in total. The summed E-state index contributed by atoms with van der Waals surface area (Å²) in [5.41, 5.74) is 0.787. The van der Waals surface area contributed by atoms with Crippen LogP contribution in [0.25, 0.3) is 0 Å². The highest BCUT2D eigenvalue weighted by Crippen LogP contribution is 2.37. The van der Waals surface area contributed by atoms with Crippen LogP contribution < -0.4 is 0 Å². The Labute approximate surface area is 203 Å². The first kappa shape index (κ1) is 28.8. The summed E-state index contributed by atoms with van der Waals surface area (Å²) in [5, 5.41) is 29.1. The second kappa shape index (κ2) is 14.8. The van der Waals surface area contributed by atoms with Gasteiger partial charge in [0.25, 0.3) is 0 Å². The number of esters is 1. The summed E-state index contributed by atoms with van der Waals surface area (Å²) in [4.78, 5) is 22.6. The van der Waals surface area contributed by atoms with Crippen LogP contribution in [-0.2, 0) is 23.8 Å². The molecule has 0 aromatic rings. The zero-order valence-electron chi connectivity index (χ0n) is 20.9. The van der Waals surface area contributed by atoms with E-state index in [0.717, 1.165) is 44.1 Å². The van der Waals surface area contributed by atoms with Gasteiger partial charge >= 0.3 is 11.9 Å². The van der Waals surface area contributed by atoms with E-state index in [4.69, 9.17) is 19.3 Å². The summed E-state index contributed by atoms with van der Waals surface area (Å²) >= 11 is 0. The molecule has 0 aliphatic carbocycles. The van der Waals surface area contributed by atoms with Crippen LogP contribution >= 0.6 is 0 Å². The number of hydrogen-bond acceptors (Lipinski definition) is 7. The molecule has 2 aliphatic rings. The minimum atomic E-state index is -0.770. The van der Waals surface area contributed by atoms with Gasteiger partial charge in [0.05, 0.1) is 37.6 Å². The third kappa shape index (κ3) is 10.0. The Morgan fingerprint density at radius 2 is 1.79 bits per heavy atom. The van der Waals surface area contributed by atoms with Crippen LogP contribution in [-0.4, -0.2) is 71.0 Å². The Hall–Kier alpha value is -1.48. The fraction of sp³-hybridized carbons (Fsp3) is 0.808. The summed E-state index contributed by atoms with van der Waals surface area (Å²) in [5.74, 6) is -0.998. The van der Waals surface area contributed by atoms with Crippen LogP contribution in [0.4, 0.5) is 0 Å². The number of hydrogen-bond donors (Lipinski definition) is 3. The van der Waals surface area contributed by atoms with E-state index >= 15 is 0 Å². The molecule has 2 rings (SSSR count). The lowest BCUT2D eigenvalue weighted by molar-refractivity contribution is -0.157. The molecule has 2 heterocycles. The number of carbonyl (C=O) groups excluding carboxylic acids is 1. The van der Waals surface area contributed by atoms with Crippen molar-refractivity contribution in [3.8, 4) is 0 Å². The smallest absolute Gasteiger partial charge is 0.330 e. The fourth-order valence-electron chi connectivity index (χ4n) is 4.56. The molecule has 195 valence electrons. The van der Waals surface area contributed by atoms with Gasteiger partial charge in [-0.15, -0.1) is 0 Å². The number of aliphatic hydroxyl groups excluding tert-OH is 2. The maximum atomic E-state index is 12.1. The molecule has 2 aliphatic heterocycles. The molecule has 7 atom stereocenters. The number of carbonyl (C=O) groups is 2. The van der Waals surface area contributed by atoms with Crippen molar-refractivity contribution < 1.29 is 39.1 Å². The molecule has 2 fully saturated rings. The number of aliphatic hydroxyl groups is 2. The van der Waals surface area contributed by atoms with E-state index in [2.05, 4.69) is 0 Å². The SMILES string of the molecule is C/C(=C\C(=O)OCCCCCCCCC(=O)O)C[C@@H]1OC[C@@H]2C[C@H]([CH][C@H](C)[C@@H](C)O)O[C@H]2[C@H]1O. The minimum Gasteiger partial charge on any atom is -0.481 e. The second-order valence-corrected chi connectivity index (χ2v) is 9.92. The quantitative estimate of drug-likeness (QED) is 0.184. The minimum absolute atomic E-state index is 0.0130. The van der Waals surface area contributed by atoms with Crippen molar-refractivity contribution in [1.82, 2.24) is 0 Å². The molecule has 0 amide bonds. The van der Waals surface area contributed by atoms with E-state index in [1.54, 1.807) is 6.92 Å². The Balaban J connectivity index is 1.64. The highest BCUT2D eigenvalue weighted by atomic mass is 16.5. The third-order valence-corrected chi connectivity index (χ3v) is 6.77. The van der Waals surface area contributed by atoms with Gasteiger partial charge in [-0.1, -0.05) is 38.2 Å². The number of fused-ring (bicyclic) bond motifs is 1. The second-order valence-electron chi connectivity index (χ2n) is 9.92. The highest BCUT2D eigenvalue weighted by Gasteiger charge is 2.46. The molecule has 0 saturated carbocycles. The molecule has 1 radical (unpaired) electrons. The zero-order chi connectivity index (χ0) is 25.1. The Morgan fingerprint density at radius 3 is 2.47 bits per heavy atom. The lowest BCUT2D eigenvalue weighted by atomic mass is 9.87. The Bertz CT molecular complexity index is 661. The van der Waals surface area contributed by atoms with Crippen LogP contribution in [0, 0.1) is 18.3 Å². The molecule has 0 spiro atoms. The van der Waals surface area contributed by atoms with E-state index < -0.39 is 24.3 Å². The van der Waals surface area contributed by atoms with E-state index in [9.17, 15) is 19.8 Å². The van der Waals surface area contributed by atoms with Crippen LogP contribution in [0.5, 0.6) is 0 Å². The highest BCUT2D eigenvalue weighted by molar-refractivity contribution is 5.82. The van der Waals surface area contributed by atoms with Crippen molar-refractivity contribution in [2.45, 2.75) is 109 Å². The first-order valence-electron chi connectivity index (χ1n) is 12.7. The summed E-state index contributed by atoms with van der Waals surface area (Å²) in [6.45, 7) is 6.40. The first-order valence-corrected chi connectivity index (χ1v) is 12.7. The van der Waals surface area contributed by atoms with Gasteiger partial charge in [-0.2, -0.15) is 0 Å². The van der Waals surface area contributed by atoms with Crippen molar-refractivity contribution in [2.24, 2.45) is 11.8 Å². The van der Waals surface area contributed by atoms with Crippen LogP contribution in [0.2, 0.25) is 0 Å². The summed E-state index contributed by atoms with van der Waals surface area (Å²) in [6.07, 6.45) is 8.20. The van der Waals surface area contributed by atoms with Gasteiger partial charge in [0.2, 0.25) is 0 Å². The average Bonchev–Trinajstić information content (AvgIpc) is 3.17. The van der Waals surface area contributed by atoms with Gasteiger partial charge in [0.1, 0.15) is 6.10 Å². The van der Waals surface area contributed by atoms with Crippen molar-refractivity contribution in [3.05, 3.63) is 18.1 Å². The molecule has 8 heteroatoms. The van der Waals surface area contributed by atoms with Crippen molar-refractivity contribution in [2.75, 3.05) is 13.2 Å². The topological polar surface area (TPSA) is 123 Å². The lowest BCUT2D eigenvalue weighted by Crippen LogP contribution is -2.48. The number of ether oxygens (including phenoxy) is 3. The third-order valence-electron chi connectivity index (χ3n) is 6.77. The number of rotatable bonds is 15. The predicted octanol–water partition coefficient (Wildman–Crippen LogP) is 3.44. The van der Waals surface area contributed by atoms with Gasteiger partial charge in [-0.3, -0.25) is 4.79 Å². The first-order chi connectivity index (χ1) is 16.2. The molecule has 0 unspecified atom stereocenters. The number of aliphatic carboxylic acids is 1. The maximum absolute atomic E-state index is 12.1. The summed E-state index contributed by atoms with van der Waals surface area (Å²) in [7, 11) is 0. The molecular formula is C26H43O8. The van der Waals surface area contributed by atoms with E-state index in [-0.39, 0.29) is 36.4 Å². The van der Waals surface area contributed by atoms with E-state index in [1.165, 1.54) is 6.08 Å². The molecule has 0 bridgehead atoms. The number of unbranched alkanes of at least 4 members (excludes halogenated alkanes) is 5. The van der Waals surface area contributed by atoms with Gasteiger partial charge in [-0.05, 0) is 51.9 Å². The summed E-state index contributed by atoms with van der Waals surface area (Å²) in [6, 6.07) is 0. The molecular weight excluding hydrogens is 440 g/mol. The molecule has 0 aromatic carbocycles. The van der Waals surface area contributed by atoms with Gasteiger partial charge in [-0.25, -0.2) is 4.79 Å². The van der Waals surface area contributed by atoms with Crippen molar-refractivity contribution >= 4 is 11.9 Å². The number of carboxylic acids is 1. The van der Waals surface area contributed by atoms with Crippen molar-refractivity contribution in [3.63, 3.8) is 0 Å². The van der Waals surface area contributed by atoms with Crippen molar-refractivity contribution in [1.29, 1.82) is 0 Å². The Kier molecular flexibility index (Phi) is 12.5. The molecule has 0 aromatic heterocycles. The zero-order valence-corrected chi connectivity index (χ0v) is 20.9. The predicted molar refractivity (Wildman–Crippen MR) is 127 cm³/mol. The standard InChI is InChI=1S/C26H43O8/c1-17(13-24(30)32-11-9-7-5-4-6-8-10-23(28)29)12-22-25(31)26-20(16-33-22)15-21(34-26)14-18(2)19(3)27/h13-14,18-22,25-27,31H,4-12,15-16H2,1-3H3,(H,28,29)/b17-13+/t18-,19+,20-,21-,22-,25-,26+/m0/s1. The molecule has 34 heavy (non-hydrogen) atoms. The van der Waals surface area contributed by atoms with Crippen LogP contribution in [0.15, 0.2) is 11.6 Å². The van der Waals surface area contributed by atoms with Gasteiger partial charge in [0, 0.05) is 18.4 Å². The number of carboxylic acid groups (broad SMARTS) is 1. The van der Waals surface area contributed by atoms with Gasteiger partial charge in [0.15, 0.2) is 0 Å². The van der Waals surface area contributed by atoms with Gasteiger partial charge < -0.3 is 29.5 Å². The molecule has 2 saturated heterocycles. The van der Waals surface area contributed by atoms with E-state index in [1.807, 2.05) is 20.3 Å². The monoisotopic (exact) mass is 483 g/mol. The van der Waals surface area contributed by atoms with Crippen LogP contribution in [0.3, 0.4) is 0 Å². The lowest BCUT2D eigenvalue weighted by Gasteiger charge is -2.36. The molecule has 3 N–H and O–H groups in total. The average molecular weight is 484 g/mol. The van der Waals surface area contributed by atoms with Crippen LogP contribution in [0.1, 0.15) is 78.6 Å². The largest absolute Gasteiger partial charge is 0.481 e. The Morgan fingerprint density at radius 1 is 1.12 bits per heavy atom.